The zero-order valence-corrected chi connectivity index (χ0v) is 11.2. The van der Waals surface area contributed by atoms with Crippen molar-refractivity contribution in [2.75, 3.05) is 44.9 Å². The lowest BCUT2D eigenvalue weighted by atomic mass is 10.4. The number of methoxy groups -OCH3 is 1. The molecule has 6 nitrogen and oxygen atoms in total. The first-order valence-corrected chi connectivity index (χ1v) is 7.37. The minimum absolute atomic E-state index is 0.00215. The predicted octanol–water partition coefficient (Wildman–Crippen LogP) is -0.156. The normalized spacial score (nSPS) is 11.9. The quantitative estimate of drug-likeness (QED) is 0.592. The van der Waals surface area contributed by atoms with Crippen LogP contribution < -0.4 is 0 Å². The number of ether oxygens (including phenoxy) is 1. The standard InChI is InChI=1S/C10H21NO5S/c1-3-7-17(14,15)8-5-11(4-6-16-2)9-10(12)13/h3-9H2,1-2H3,(H,12,13). The maximum Gasteiger partial charge on any atom is 0.317 e. The topological polar surface area (TPSA) is 83.9 Å². The SMILES string of the molecule is CCCS(=O)(=O)CCN(CCOC)CC(=O)O. The summed E-state index contributed by atoms with van der Waals surface area (Å²) in [6.07, 6.45) is 0.583. The molecular weight excluding hydrogens is 246 g/mol. The highest BCUT2D eigenvalue weighted by molar-refractivity contribution is 7.91. The fourth-order valence-electron chi connectivity index (χ4n) is 1.36. The number of carbonyl (C=O) groups is 1. The number of rotatable bonds is 10. The summed E-state index contributed by atoms with van der Waals surface area (Å²) in [7, 11) is -1.54. The molecule has 0 atom stereocenters. The number of carboxylic acids is 1. The van der Waals surface area contributed by atoms with Gasteiger partial charge in [-0.2, -0.15) is 0 Å². The maximum atomic E-state index is 11.5. The molecule has 0 fully saturated rings. The highest BCUT2D eigenvalue weighted by Crippen LogP contribution is 1.97. The van der Waals surface area contributed by atoms with Crippen molar-refractivity contribution in [3.05, 3.63) is 0 Å². The van der Waals surface area contributed by atoms with Crippen molar-refractivity contribution in [2.24, 2.45) is 0 Å². The molecule has 102 valence electrons. The third kappa shape index (κ3) is 9.08. The fraction of sp³-hybridized carbons (Fsp3) is 0.900. The zero-order valence-electron chi connectivity index (χ0n) is 10.4. The fourth-order valence-corrected chi connectivity index (χ4v) is 2.73. The van der Waals surface area contributed by atoms with Gasteiger partial charge in [-0.25, -0.2) is 8.42 Å². The first-order chi connectivity index (χ1) is 7.91. The van der Waals surface area contributed by atoms with Gasteiger partial charge < -0.3 is 9.84 Å². The minimum Gasteiger partial charge on any atom is -0.480 e. The molecule has 0 saturated heterocycles. The van der Waals surface area contributed by atoms with Gasteiger partial charge in [0.25, 0.3) is 0 Å². The summed E-state index contributed by atoms with van der Waals surface area (Å²) >= 11 is 0. The molecule has 0 radical (unpaired) electrons. The lowest BCUT2D eigenvalue weighted by molar-refractivity contribution is -0.138. The number of sulfone groups is 1. The molecule has 0 rings (SSSR count). The monoisotopic (exact) mass is 267 g/mol. The molecule has 0 aromatic carbocycles. The summed E-state index contributed by atoms with van der Waals surface area (Å²) in [5.74, 6) is -0.815. The van der Waals surface area contributed by atoms with Crippen LogP contribution in [0.5, 0.6) is 0 Å². The van der Waals surface area contributed by atoms with Crippen LogP contribution in [-0.2, 0) is 19.4 Å². The van der Waals surface area contributed by atoms with Crippen molar-refractivity contribution in [1.29, 1.82) is 0 Å². The Kier molecular flexibility index (Phi) is 8.11. The van der Waals surface area contributed by atoms with Crippen LogP contribution >= 0.6 is 0 Å². The molecule has 0 bridgehead atoms. The average Bonchev–Trinajstić information content (AvgIpc) is 2.21. The first-order valence-electron chi connectivity index (χ1n) is 5.54. The number of hydrogen-bond donors (Lipinski definition) is 1. The van der Waals surface area contributed by atoms with E-state index in [1.165, 1.54) is 7.11 Å². The van der Waals surface area contributed by atoms with Crippen molar-refractivity contribution in [2.45, 2.75) is 13.3 Å². The second-order valence-corrected chi connectivity index (χ2v) is 6.12. The molecule has 0 saturated carbocycles. The molecule has 7 heteroatoms. The van der Waals surface area contributed by atoms with Gasteiger partial charge in [-0.15, -0.1) is 0 Å². The van der Waals surface area contributed by atoms with Gasteiger partial charge in [0.1, 0.15) is 0 Å². The summed E-state index contributed by atoms with van der Waals surface area (Å²) in [5, 5.41) is 8.68. The Morgan fingerprint density at radius 1 is 1.29 bits per heavy atom. The maximum absolute atomic E-state index is 11.5. The Hall–Kier alpha value is -0.660. The first kappa shape index (κ1) is 16.3. The van der Waals surface area contributed by atoms with E-state index in [2.05, 4.69) is 0 Å². The van der Waals surface area contributed by atoms with Gasteiger partial charge in [-0.05, 0) is 6.42 Å². The number of hydrogen-bond acceptors (Lipinski definition) is 5. The molecule has 0 amide bonds. The Bertz CT molecular complexity index is 315. The summed E-state index contributed by atoms with van der Waals surface area (Å²) < 4.78 is 27.8. The van der Waals surface area contributed by atoms with E-state index in [1.807, 2.05) is 0 Å². The summed E-state index contributed by atoms with van der Waals surface area (Å²) in [5.41, 5.74) is 0. The molecule has 1 N–H and O–H groups in total. The largest absolute Gasteiger partial charge is 0.480 e. The van der Waals surface area contributed by atoms with E-state index in [0.29, 0.717) is 19.6 Å². The Labute approximate surface area is 102 Å². The Balaban J connectivity index is 4.19. The van der Waals surface area contributed by atoms with Gasteiger partial charge in [0, 0.05) is 26.0 Å². The van der Waals surface area contributed by atoms with Crippen molar-refractivity contribution in [1.82, 2.24) is 4.90 Å². The molecule has 0 aliphatic heterocycles. The molecule has 17 heavy (non-hydrogen) atoms. The van der Waals surface area contributed by atoms with E-state index in [4.69, 9.17) is 9.84 Å². The van der Waals surface area contributed by atoms with Gasteiger partial charge in [-0.3, -0.25) is 9.69 Å². The average molecular weight is 267 g/mol. The highest BCUT2D eigenvalue weighted by Gasteiger charge is 2.14. The zero-order chi connectivity index (χ0) is 13.3. The molecule has 0 unspecified atom stereocenters. The second kappa shape index (κ2) is 8.43. The van der Waals surface area contributed by atoms with Crippen molar-refractivity contribution in [3.8, 4) is 0 Å². The highest BCUT2D eigenvalue weighted by atomic mass is 32.2. The lowest BCUT2D eigenvalue weighted by Crippen LogP contribution is -2.36. The van der Waals surface area contributed by atoms with Crippen LogP contribution in [0.1, 0.15) is 13.3 Å². The van der Waals surface area contributed by atoms with Crippen LogP contribution in [0.3, 0.4) is 0 Å². The van der Waals surface area contributed by atoms with Crippen LogP contribution in [0.25, 0.3) is 0 Å². The van der Waals surface area contributed by atoms with Crippen LogP contribution in [0, 0.1) is 0 Å². The third-order valence-corrected chi connectivity index (χ3v) is 4.04. The predicted molar refractivity (Wildman–Crippen MR) is 64.9 cm³/mol. The number of aliphatic carboxylic acids is 1. The van der Waals surface area contributed by atoms with E-state index in [-0.39, 0.29) is 24.6 Å². The van der Waals surface area contributed by atoms with E-state index >= 15 is 0 Å². The molecule has 0 aliphatic carbocycles. The molecule has 0 spiro atoms. The van der Waals surface area contributed by atoms with Crippen molar-refractivity contribution < 1.29 is 23.1 Å². The van der Waals surface area contributed by atoms with E-state index in [9.17, 15) is 13.2 Å². The number of nitrogens with zero attached hydrogens (tertiary/aromatic N) is 1. The van der Waals surface area contributed by atoms with Crippen molar-refractivity contribution in [3.63, 3.8) is 0 Å². The van der Waals surface area contributed by atoms with Crippen LogP contribution in [-0.4, -0.2) is 69.3 Å². The summed E-state index contributed by atoms with van der Waals surface area (Å²) in [4.78, 5) is 12.2. The van der Waals surface area contributed by atoms with Crippen LogP contribution in [0.4, 0.5) is 0 Å². The van der Waals surface area contributed by atoms with Gasteiger partial charge in [0.15, 0.2) is 9.84 Å². The molecule has 0 aliphatic rings. The molecule has 0 aromatic rings. The third-order valence-electron chi connectivity index (χ3n) is 2.20. The molecular formula is C10H21NO5S. The van der Waals surface area contributed by atoms with Gasteiger partial charge in [0.2, 0.25) is 0 Å². The summed E-state index contributed by atoms with van der Waals surface area (Å²) in [6, 6.07) is 0. The number of carboxylic acid groups (broad SMARTS) is 1. The van der Waals surface area contributed by atoms with E-state index in [1.54, 1.807) is 11.8 Å². The Morgan fingerprint density at radius 2 is 1.94 bits per heavy atom. The van der Waals surface area contributed by atoms with Crippen molar-refractivity contribution >= 4 is 15.8 Å². The van der Waals surface area contributed by atoms with Crippen LogP contribution in [0.15, 0.2) is 0 Å². The van der Waals surface area contributed by atoms with Crippen LogP contribution in [0.2, 0.25) is 0 Å². The smallest absolute Gasteiger partial charge is 0.317 e. The molecule has 0 heterocycles. The van der Waals surface area contributed by atoms with E-state index < -0.39 is 15.8 Å². The Morgan fingerprint density at radius 3 is 2.41 bits per heavy atom. The van der Waals surface area contributed by atoms with E-state index in [0.717, 1.165) is 0 Å². The minimum atomic E-state index is -3.06. The lowest BCUT2D eigenvalue weighted by Gasteiger charge is -2.19. The summed E-state index contributed by atoms with van der Waals surface area (Å²) in [6.45, 7) is 2.69. The molecule has 0 aromatic heterocycles. The van der Waals surface area contributed by atoms with Gasteiger partial charge in [0.05, 0.1) is 18.9 Å². The van der Waals surface area contributed by atoms with Gasteiger partial charge in [-0.1, -0.05) is 6.92 Å². The second-order valence-electron chi connectivity index (χ2n) is 3.81. The van der Waals surface area contributed by atoms with Gasteiger partial charge >= 0.3 is 5.97 Å².